The molecule has 2 aromatic rings. The number of amides is 1. The lowest BCUT2D eigenvalue weighted by molar-refractivity contribution is 0.0658. The molecule has 0 aromatic carbocycles. The average Bonchev–Trinajstić information content (AvgIpc) is 2.87. The van der Waals surface area contributed by atoms with Crippen LogP contribution in [0.3, 0.4) is 0 Å². The quantitative estimate of drug-likeness (QED) is 0.937. The first-order chi connectivity index (χ1) is 10.6. The van der Waals surface area contributed by atoms with Gasteiger partial charge in [-0.2, -0.15) is 0 Å². The first-order valence-electron chi connectivity index (χ1n) is 7.62. The van der Waals surface area contributed by atoms with Crippen molar-refractivity contribution in [2.75, 3.05) is 6.54 Å². The van der Waals surface area contributed by atoms with Gasteiger partial charge in [0, 0.05) is 25.9 Å². The molecule has 0 bridgehead atoms. The summed E-state index contributed by atoms with van der Waals surface area (Å²) >= 11 is 0. The van der Waals surface area contributed by atoms with Crippen LogP contribution in [0.4, 0.5) is 0 Å². The summed E-state index contributed by atoms with van der Waals surface area (Å²) in [6.45, 7) is 2.53. The summed E-state index contributed by atoms with van der Waals surface area (Å²) in [5.41, 5.74) is 2.33. The molecule has 0 fully saturated rings. The number of H-pyrrole nitrogens is 1. The van der Waals surface area contributed by atoms with E-state index >= 15 is 0 Å². The molecule has 6 heteroatoms. The minimum atomic E-state index is -0.207. The molecule has 116 valence electrons. The Morgan fingerprint density at radius 2 is 2.36 bits per heavy atom. The Kier molecular flexibility index (Phi) is 3.83. The zero-order valence-corrected chi connectivity index (χ0v) is 12.9. The normalized spacial score (nSPS) is 17.1. The van der Waals surface area contributed by atoms with Gasteiger partial charge in [0.25, 0.3) is 11.5 Å². The van der Waals surface area contributed by atoms with E-state index in [-0.39, 0.29) is 17.5 Å². The highest BCUT2D eigenvalue weighted by molar-refractivity contribution is 5.92. The second-order valence-corrected chi connectivity index (χ2v) is 5.61. The summed E-state index contributed by atoms with van der Waals surface area (Å²) in [4.78, 5) is 30.6. The zero-order chi connectivity index (χ0) is 15.7. The summed E-state index contributed by atoms with van der Waals surface area (Å²) in [5.74, 6) is -0.149. The third kappa shape index (κ3) is 2.45. The monoisotopic (exact) mass is 300 g/mol. The Morgan fingerprint density at radius 3 is 3.05 bits per heavy atom. The van der Waals surface area contributed by atoms with E-state index in [0.29, 0.717) is 12.2 Å². The largest absolute Gasteiger partial charge is 0.329 e. The third-order valence-electron chi connectivity index (χ3n) is 4.26. The van der Waals surface area contributed by atoms with Crippen molar-refractivity contribution in [1.29, 1.82) is 0 Å². The fourth-order valence-corrected chi connectivity index (χ4v) is 3.15. The van der Waals surface area contributed by atoms with Gasteiger partial charge in [-0.1, -0.05) is 6.07 Å². The van der Waals surface area contributed by atoms with Crippen LogP contribution < -0.4 is 5.56 Å². The Morgan fingerprint density at radius 1 is 1.55 bits per heavy atom. The van der Waals surface area contributed by atoms with E-state index in [9.17, 15) is 9.59 Å². The lowest BCUT2D eigenvalue weighted by Crippen LogP contribution is -2.37. The van der Waals surface area contributed by atoms with E-state index in [2.05, 4.69) is 16.1 Å². The summed E-state index contributed by atoms with van der Waals surface area (Å²) in [7, 11) is 1.60. The molecule has 2 heterocycles. The number of nitrogens with one attached hydrogen (secondary N) is 1. The third-order valence-corrected chi connectivity index (χ3v) is 4.26. The second kappa shape index (κ2) is 5.79. The molecule has 0 saturated heterocycles. The molecule has 0 saturated carbocycles. The smallest absolute Gasteiger partial charge is 0.272 e. The molecule has 2 aromatic heterocycles. The van der Waals surface area contributed by atoms with Crippen LogP contribution in [-0.4, -0.2) is 32.1 Å². The van der Waals surface area contributed by atoms with E-state index in [1.807, 2.05) is 13.0 Å². The number of pyridine rings is 1. The summed E-state index contributed by atoms with van der Waals surface area (Å²) < 4.78 is 1.31. The molecule has 0 radical (unpaired) electrons. The molecule has 3 rings (SSSR count). The van der Waals surface area contributed by atoms with Crippen LogP contribution in [0.1, 0.15) is 47.6 Å². The summed E-state index contributed by atoms with van der Waals surface area (Å²) in [6.07, 6.45) is 4.73. The van der Waals surface area contributed by atoms with Crippen molar-refractivity contribution in [3.05, 3.63) is 51.7 Å². The maximum absolute atomic E-state index is 12.8. The van der Waals surface area contributed by atoms with Crippen LogP contribution in [0.15, 0.2) is 29.2 Å². The average molecular weight is 300 g/mol. The number of rotatable bonds is 3. The molecule has 1 atom stereocenters. The van der Waals surface area contributed by atoms with Crippen molar-refractivity contribution in [2.45, 2.75) is 32.2 Å². The number of aromatic amines is 1. The van der Waals surface area contributed by atoms with E-state index in [0.717, 1.165) is 25.0 Å². The molecule has 1 aliphatic rings. The van der Waals surface area contributed by atoms with Crippen LogP contribution in [-0.2, 0) is 13.5 Å². The topological polar surface area (TPSA) is 71.0 Å². The van der Waals surface area contributed by atoms with Crippen molar-refractivity contribution in [1.82, 2.24) is 19.7 Å². The van der Waals surface area contributed by atoms with Gasteiger partial charge >= 0.3 is 0 Å². The zero-order valence-electron chi connectivity index (χ0n) is 12.9. The van der Waals surface area contributed by atoms with Crippen molar-refractivity contribution in [3.63, 3.8) is 0 Å². The van der Waals surface area contributed by atoms with E-state index < -0.39 is 0 Å². The molecule has 1 aliphatic carbocycles. The van der Waals surface area contributed by atoms with Crippen LogP contribution in [0.2, 0.25) is 0 Å². The highest BCUT2D eigenvalue weighted by Crippen LogP contribution is 2.33. The highest BCUT2D eigenvalue weighted by atomic mass is 16.2. The number of hydrogen-bond donors (Lipinski definition) is 1. The molecular weight excluding hydrogens is 280 g/mol. The molecule has 1 amide bonds. The highest BCUT2D eigenvalue weighted by Gasteiger charge is 2.30. The van der Waals surface area contributed by atoms with Crippen LogP contribution in [0.5, 0.6) is 0 Å². The van der Waals surface area contributed by atoms with Crippen LogP contribution in [0.25, 0.3) is 0 Å². The molecule has 6 nitrogen and oxygen atoms in total. The predicted octanol–water partition coefficient (Wildman–Crippen LogP) is 1.65. The number of hydrogen-bond acceptors (Lipinski definition) is 3. The minimum Gasteiger partial charge on any atom is -0.329 e. The van der Waals surface area contributed by atoms with E-state index in [4.69, 9.17) is 0 Å². The second-order valence-electron chi connectivity index (χ2n) is 5.61. The van der Waals surface area contributed by atoms with Crippen molar-refractivity contribution >= 4 is 5.91 Å². The summed E-state index contributed by atoms with van der Waals surface area (Å²) in [6, 6.07) is 5.35. The fourth-order valence-electron chi connectivity index (χ4n) is 3.15. The van der Waals surface area contributed by atoms with Gasteiger partial charge in [0.1, 0.15) is 5.69 Å². The van der Waals surface area contributed by atoms with Crippen molar-refractivity contribution in [3.8, 4) is 0 Å². The Balaban J connectivity index is 1.95. The Hall–Kier alpha value is -2.37. The maximum atomic E-state index is 12.8. The maximum Gasteiger partial charge on any atom is 0.272 e. The van der Waals surface area contributed by atoms with E-state index in [1.165, 1.54) is 16.3 Å². The lowest BCUT2D eigenvalue weighted by Gasteiger charge is -2.34. The standard InChI is InChI=1S/C16H20N4O2/c1-3-20(16(22)12-10-14(21)19(2)18-12)13-8-4-6-11-7-5-9-17-15(11)13/h5,7,9-10,13,18H,3-4,6,8H2,1-2H3. The van der Waals surface area contributed by atoms with Crippen LogP contribution >= 0.6 is 0 Å². The first-order valence-corrected chi connectivity index (χ1v) is 7.62. The Bertz CT molecular complexity index is 747. The minimum absolute atomic E-state index is 0.0221. The molecule has 22 heavy (non-hydrogen) atoms. The number of carbonyl (C=O) groups is 1. The van der Waals surface area contributed by atoms with Crippen molar-refractivity contribution < 1.29 is 4.79 Å². The molecular formula is C16H20N4O2. The van der Waals surface area contributed by atoms with Gasteiger partial charge < -0.3 is 4.90 Å². The van der Waals surface area contributed by atoms with Crippen LogP contribution in [0, 0.1) is 0 Å². The lowest BCUT2D eigenvalue weighted by atomic mass is 9.90. The van der Waals surface area contributed by atoms with Gasteiger partial charge in [0.15, 0.2) is 0 Å². The Labute approximate surface area is 128 Å². The summed E-state index contributed by atoms with van der Waals surface area (Å²) in [5, 5.41) is 2.81. The fraction of sp³-hybridized carbons (Fsp3) is 0.438. The predicted molar refractivity (Wildman–Crippen MR) is 82.7 cm³/mol. The number of carbonyl (C=O) groups excluding carboxylic acids is 1. The SMILES string of the molecule is CCN(C(=O)c1cc(=O)n(C)[nH]1)C1CCCc2cccnc21. The number of aryl methyl sites for hydroxylation is 2. The van der Waals surface area contributed by atoms with Gasteiger partial charge in [0.05, 0.1) is 11.7 Å². The number of fused-ring (bicyclic) bond motifs is 1. The van der Waals surface area contributed by atoms with E-state index in [1.54, 1.807) is 18.1 Å². The van der Waals surface area contributed by atoms with Gasteiger partial charge in [-0.05, 0) is 37.8 Å². The number of nitrogens with zero attached hydrogens (tertiary/aromatic N) is 3. The van der Waals surface area contributed by atoms with Gasteiger partial charge in [-0.3, -0.25) is 24.4 Å². The molecule has 1 N–H and O–H groups in total. The molecule has 0 spiro atoms. The van der Waals surface area contributed by atoms with Gasteiger partial charge in [-0.15, -0.1) is 0 Å². The van der Waals surface area contributed by atoms with Gasteiger partial charge in [0.2, 0.25) is 0 Å². The first kappa shape index (κ1) is 14.6. The van der Waals surface area contributed by atoms with Crippen molar-refractivity contribution in [2.24, 2.45) is 7.05 Å². The number of aromatic nitrogens is 3. The molecule has 0 aliphatic heterocycles. The van der Waals surface area contributed by atoms with Gasteiger partial charge in [-0.25, -0.2) is 0 Å². The molecule has 1 unspecified atom stereocenters.